The summed E-state index contributed by atoms with van der Waals surface area (Å²) in [5.74, 6) is -0.468. The Morgan fingerprint density at radius 3 is 1.22 bits per heavy atom. The molecule has 0 aromatic carbocycles. The van der Waals surface area contributed by atoms with Gasteiger partial charge in [-0.15, -0.1) is 0 Å². The van der Waals surface area contributed by atoms with Crippen molar-refractivity contribution in [2.24, 2.45) is 0 Å². The van der Waals surface area contributed by atoms with Gasteiger partial charge in [0.1, 0.15) is 6.10 Å². The highest BCUT2D eigenvalue weighted by atomic mass is 16.5. The number of unbranched alkanes of at least 4 members (excludes halogenated alkanes) is 33. The number of ether oxygens (including phenoxy) is 1. The number of carbonyl (C=O) groups excluding carboxylic acids is 2. The van der Waals surface area contributed by atoms with Gasteiger partial charge in [-0.1, -0.05) is 232 Å². The Balaban J connectivity index is 4.47. The fourth-order valence-electron chi connectivity index (χ4n) is 8.13. The number of nitrogens with one attached hydrogen (secondary N) is 1. The number of aliphatic hydroxyl groups is 2. The maximum atomic E-state index is 13.2. The summed E-state index contributed by atoms with van der Waals surface area (Å²) in [6, 6.07) is -0.695. The normalized spacial score (nSPS) is 13.3. The van der Waals surface area contributed by atoms with Crippen LogP contribution in [0.15, 0.2) is 12.2 Å². The van der Waals surface area contributed by atoms with Gasteiger partial charge in [0.15, 0.2) is 0 Å². The molecule has 0 bridgehead atoms. The van der Waals surface area contributed by atoms with Crippen molar-refractivity contribution in [3.63, 3.8) is 0 Å². The quantitative estimate of drug-likeness (QED) is 0.0323. The van der Waals surface area contributed by atoms with Gasteiger partial charge in [0, 0.05) is 6.42 Å². The van der Waals surface area contributed by atoms with Gasteiger partial charge in [-0.2, -0.15) is 0 Å². The number of carbonyl (C=O) groups is 2. The van der Waals surface area contributed by atoms with Crippen molar-refractivity contribution in [1.82, 2.24) is 5.32 Å². The largest absolute Gasteiger partial charge is 0.462 e. The number of esters is 1. The first kappa shape index (κ1) is 56.6. The highest BCUT2D eigenvalue weighted by Crippen LogP contribution is 2.18. The predicted molar refractivity (Wildman–Crippen MR) is 250 cm³/mol. The molecule has 0 rings (SSSR count). The fraction of sp³-hybridized carbons (Fsp3) is 0.923. The molecule has 6 nitrogen and oxygen atoms in total. The monoisotopic (exact) mass is 820 g/mol. The molecule has 58 heavy (non-hydrogen) atoms. The van der Waals surface area contributed by atoms with Gasteiger partial charge in [-0.25, -0.2) is 0 Å². The van der Waals surface area contributed by atoms with Gasteiger partial charge in [0.25, 0.3) is 0 Å². The second-order valence-electron chi connectivity index (χ2n) is 17.9. The van der Waals surface area contributed by atoms with E-state index in [1.807, 2.05) is 0 Å². The Kier molecular flexibility index (Phi) is 45.5. The van der Waals surface area contributed by atoms with Crippen LogP contribution >= 0.6 is 0 Å². The van der Waals surface area contributed by atoms with E-state index < -0.39 is 18.2 Å². The first-order valence-electron chi connectivity index (χ1n) is 25.9. The number of rotatable bonds is 47. The lowest BCUT2D eigenvalue weighted by Crippen LogP contribution is -2.46. The van der Waals surface area contributed by atoms with Crippen LogP contribution in [0, 0.1) is 0 Å². The number of hydrogen-bond acceptors (Lipinski definition) is 5. The lowest BCUT2D eigenvalue weighted by atomic mass is 10.0. The molecule has 0 radical (unpaired) electrons. The molecule has 0 aliphatic rings. The molecule has 0 saturated heterocycles. The Morgan fingerprint density at radius 1 is 0.483 bits per heavy atom. The van der Waals surface area contributed by atoms with Crippen molar-refractivity contribution in [2.75, 3.05) is 6.61 Å². The van der Waals surface area contributed by atoms with E-state index >= 15 is 0 Å². The summed E-state index contributed by atoms with van der Waals surface area (Å²) < 4.78 is 5.93. The Bertz CT molecular complexity index is 878. The molecule has 3 atom stereocenters. The number of amides is 1. The van der Waals surface area contributed by atoms with E-state index in [1.165, 1.54) is 186 Å². The van der Waals surface area contributed by atoms with E-state index in [0.717, 1.165) is 51.4 Å². The van der Waals surface area contributed by atoms with Crippen molar-refractivity contribution >= 4 is 11.9 Å². The minimum Gasteiger partial charge on any atom is -0.462 e. The van der Waals surface area contributed by atoms with Crippen LogP contribution in [0.5, 0.6) is 0 Å². The molecule has 3 unspecified atom stereocenters. The smallest absolute Gasteiger partial charge is 0.306 e. The van der Waals surface area contributed by atoms with Crippen molar-refractivity contribution < 1.29 is 24.5 Å². The highest BCUT2D eigenvalue weighted by Gasteiger charge is 2.24. The van der Waals surface area contributed by atoms with E-state index in [4.69, 9.17) is 4.74 Å². The van der Waals surface area contributed by atoms with Crippen molar-refractivity contribution in [3.05, 3.63) is 12.2 Å². The standard InChI is InChI=1S/C52H101NO5/c1-4-7-10-13-16-19-22-23-24-25-26-27-28-30-33-36-39-42-45-52(57)58-48(43-40-37-34-31-29-20-17-14-11-8-5-2)46-51(56)53-49(47-54)50(55)44-41-38-35-32-21-18-15-12-9-6-3/h26-27,48-50,54-55H,4-25,28-47H2,1-3H3,(H,53,56)/b27-26+. The van der Waals surface area contributed by atoms with Gasteiger partial charge in [0.05, 0.1) is 25.2 Å². The van der Waals surface area contributed by atoms with Gasteiger partial charge < -0.3 is 20.3 Å². The Hall–Kier alpha value is -1.40. The van der Waals surface area contributed by atoms with Crippen LogP contribution in [0.4, 0.5) is 0 Å². The molecule has 6 heteroatoms. The fourth-order valence-corrected chi connectivity index (χ4v) is 8.13. The second-order valence-corrected chi connectivity index (χ2v) is 17.9. The Morgan fingerprint density at radius 2 is 0.828 bits per heavy atom. The third-order valence-electron chi connectivity index (χ3n) is 12.1. The van der Waals surface area contributed by atoms with Crippen LogP contribution in [0.1, 0.15) is 284 Å². The number of allylic oxidation sites excluding steroid dienone is 2. The molecule has 0 saturated carbocycles. The van der Waals surface area contributed by atoms with Gasteiger partial charge in [-0.05, 0) is 51.4 Å². The van der Waals surface area contributed by atoms with Crippen molar-refractivity contribution in [1.29, 1.82) is 0 Å². The minimum absolute atomic E-state index is 0.0810. The van der Waals surface area contributed by atoms with Crippen LogP contribution in [0.25, 0.3) is 0 Å². The molecule has 0 aliphatic carbocycles. The predicted octanol–water partition coefficient (Wildman–Crippen LogP) is 15.3. The average molecular weight is 820 g/mol. The zero-order valence-electron chi connectivity index (χ0n) is 39.2. The van der Waals surface area contributed by atoms with E-state index in [9.17, 15) is 19.8 Å². The SMILES string of the molecule is CCCCCCCCCCC/C=C/CCCCCCCC(=O)OC(CCCCCCCCCCCCC)CC(=O)NC(CO)C(O)CCCCCCCCCCCC. The van der Waals surface area contributed by atoms with Gasteiger partial charge in [-0.3, -0.25) is 9.59 Å². The van der Waals surface area contributed by atoms with Crippen molar-refractivity contribution in [2.45, 2.75) is 302 Å². The van der Waals surface area contributed by atoms with E-state index in [-0.39, 0.29) is 24.9 Å². The molecule has 0 aromatic heterocycles. The van der Waals surface area contributed by atoms with Crippen LogP contribution in [0.3, 0.4) is 0 Å². The first-order valence-corrected chi connectivity index (χ1v) is 25.9. The molecule has 0 heterocycles. The maximum Gasteiger partial charge on any atom is 0.306 e. The molecular formula is C52H101NO5. The highest BCUT2D eigenvalue weighted by molar-refractivity contribution is 5.77. The zero-order chi connectivity index (χ0) is 42.4. The van der Waals surface area contributed by atoms with E-state index in [1.54, 1.807) is 0 Å². The molecule has 0 aliphatic heterocycles. The maximum absolute atomic E-state index is 13.2. The molecule has 0 spiro atoms. The molecule has 1 amide bonds. The lowest BCUT2D eigenvalue weighted by Gasteiger charge is -2.24. The van der Waals surface area contributed by atoms with E-state index in [2.05, 4.69) is 38.2 Å². The summed E-state index contributed by atoms with van der Waals surface area (Å²) >= 11 is 0. The molecule has 0 fully saturated rings. The van der Waals surface area contributed by atoms with E-state index in [0.29, 0.717) is 19.3 Å². The van der Waals surface area contributed by atoms with Gasteiger partial charge in [0.2, 0.25) is 5.91 Å². The second kappa shape index (κ2) is 46.7. The summed E-state index contributed by atoms with van der Waals surface area (Å²) in [5, 5.41) is 23.7. The van der Waals surface area contributed by atoms with Crippen LogP contribution in [-0.2, 0) is 14.3 Å². The third-order valence-corrected chi connectivity index (χ3v) is 12.1. The zero-order valence-corrected chi connectivity index (χ0v) is 39.2. The summed E-state index contributed by atoms with van der Waals surface area (Å²) in [4.78, 5) is 26.1. The van der Waals surface area contributed by atoms with Crippen molar-refractivity contribution in [3.8, 4) is 0 Å². The van der Waals surface area contributed by atoms with Crippen LogP contribution in [0.2, 0.25) is 0 Å². The molecule has 0 aromatic rings. The summed E-state index contributed by atoms with van der Waals surface area (Å²) in [6.45, 7) is 6.48. The summed E-state index contributed by atoms with van der Waals surface area (Å²) in [6.07, 6.45) is 51.3. The third kappa shape index (κ3) is 41.3. The lowest BCUT2D eigenvalue weighted by molar-refractivity contribution is -0.151. The molecule has 3 N–H and O–H groups in total. The molecule has 344 valence electrons. The summed E-state index contributed by atoms with van der Waals surface area (Å²) in [5.41, 5.74) is 0. The van der Waals surface area contributed by atoms with Crippen LogP contribution < -0.4 is 5.32 Å². The van der Waals surface area contributed by atoms with Gasteiger partial charge >= 0.3 is 5.97 Å². The summed E-state index contributed by atoms with van der Waals surface area (Å²) in [7, 11) is 0. The minimum atomic E-state index is -0.781. The topological polar surface area (TPSA) is 95.9 Å². The number of hydrogen-bond donors (Lipinski definition) is 3. The van der Waals surface area contributed by atoms with Crippen LogP contribution in [-0.4, -0.2) is 46.9 Å². The Labute approximate surface area is 361 Å². The average Bonchev–Trinajstić information content (AvgIpc) is 3.22. The first-order chi connectivity index (χ1) is 28.5. The molecular weight excluding hydrogens is 719 g/mol. The number of aliphatic hydroxyl groups excluding tert-OH is 2.